The maximum atomic E-state index is 5.84. The highest BCUT2D eigenvalue weighted by molar-refractivity contribution is 6.30. The molecule has 0 spiro atoms. The van der Waals surface area contributed by atoms with Crippen LogP contribution in [0.2, 0.25) is 5.15 Å². The van der Waals surface area contributed by atoms with E-state index >= 15 is 0 Å². The van der Waals surface area contributed by atoms with E-state index in [0.717, 1.165) is 16.9 Å². The zero-order valence-electron chi connectivity index (χ0n) is 6.87. The van der Waals surface area contributed by atoms with E-state index in [1.54, 1.807) is 4.52 Å². The van der Waals surface area contributed by atoms with Crippen molar-refractivity contribution in [3.05, 3.63) is 28.7 Å². The summed E-state index contributed by atoms with van der Waals surface area (Å²) in [6.07, 6.45) is 1.85. The molecule has 0 N–H and O–H groups in total. The Balaban J connectivity index is 2.83. The summed E-state index contributed by atoms with van der Waals surface area (Å²) in [7, 11) is 0. The Morgan fingerprint density at radius 3 is 2.92 bits per heavy atom. The summed E-state index contributed by atoms with van der Waals surface area (Å²) < 4.78 is 1.69. The van der Waals surface area contributed by atoms with Gasteiger partial charge in [-0.05, 0) is 25.5 Å². The Kier molecular flexibility index (Phi) is 1.54. The third-order valence-corrected chi connectivity index (χ3v) is 2.07. The average molecular weight is 182 g/mol. The monoisotopic (exact) mass is 181 g/mol. The molecule has 0 radical (unpaired) electrons. The number of hydrogen-bond acceptors (Lipinski definition) is 2. The Hall–Kier alpha value is -1.09. The first kappa shape index (κ1) is 7.55. The molecular formula is C8H8ClN3. The lowest BCUT2D eigenvalue weighted by Crippen LogP contribution is -1.92. The second kappa shape index (κ2) is 2.45. The van der Waals surface area contributed by atoms with Crippen LogP contribution in [0.4, 0.5) is 0 Å². The summed E-state index contributed by atoms with van der Waals surface area (Å²) in [4.78, 5) is 4.26. The summed E-state index contributed by atoms with van der Waals surface area (Å²) in [6.45, 7) is 3.84. The van der Waals surface area contributed by atoms with Crippen LogP contribution in [0.5, 0.6) is 0 Å². The third-order valence-electron chi connectivity index (χ3n) is 1.70. The number of imidazole rings is 1. The maximum absolute atomic E-state index is 5.84. The molecule has 0 unspecified atom stereocenters. The van der Waals surface area contributed by atoms with Crippen molar-refractivity contribution < 1.29 is 0 Å². The van der Waals surface area contributed by atoms with Crippen molar-refractivity contribution in [3.63, 3.8) is 0 Å². The van der Waals surface area contributed by atoms with Crippen molar-refractivity contribution >= 4 is 17.2 Å². The van der Waals surface area contributed by atoms with Gasteiger partial charge in [0.2, 0.25) is 0 Å². The minimum absolute atomic E-state index is 0.528. The molecule has 0 aromatic carbocycles. The molecule has 0 amide bonds. The number of aryl methyl sites for hydroxylation is 2. The molecule has 4 heteroatoms. The first-order valence-electron chi connectivity index (χ1n) is 3.66. The van der Waals surface area contributed by atoms with Crippen molar-refractivity contribution in [3.8, 4) is 0 Å². The fraction of sp³-hybridized carbons (Fsp3) is 0.250. The summed E-state index contributed by atoms with van der Waals surface area (Å²) in [6, 6.07) is 1.92. The van der Waals surface area contributed by atoms with Gasteiger partial charge in [0.15, 0.2) is 10.8 Å². The molecule has 12 heavy (non-hydrogen) atoms. The molecule has 2 aromatic heterocycles. The lowest BCUT2D eigenvalue weighted by Gasteiger charge is -1.96. The number of aromatic nitrogens is 3. The first-order chi connectivity index (χ1) is 5.66. The predicted octanol–water partition coefficient (Wildman–Crippen LogP) is 2.00. The normalized spacial score (nSPS) is 10.9. The zero-order valence-corrected chi connectivity index (χ0v) is 7.63. The molecule has 0 aliphatic rings. The molecule has 0 fully saturated rings. The molecule has 62 valence electrons. The molecule has 2 aromatic rings. The van der Waals surface area contributed by atoms with Gasteiger partial charge in [-0.2, -0.15) is 5.10 Å². The van der Waals surface area contributed by atoms with Crippen LogP contribution < -0.4 is 0 Å². The standard InChI is InChI=1S/C8H8ClN3/c1-5-3-7-10-6(2)4-12(7)11-8(5)9/h3-4H,1-2H3. The first-order valence-corrected chi connectivity index (χ1v) is 4.04. The fourth-order valence-corrected chi connectivity index (χ4v) is 1.25. The van der Waals surface area contributed by atoms with E-state index in [0.29, 0.717) is 5.15 Å². The van der Waals surface area contributed by atoms with E-state index in [1.165, 1.54) is 0 Å². The molecule has 0 bridgehead atoms. The van der Waals surface area contributed by atoms with Gasteiger partial charge in [-0.15, -0.1) is 0 Å². The number of hydrogen-bond donors (Lipinski definition) is 0. The smallest absolute Gasteiger partial charge is 0.154 e. The molecule has 2 heterocycles. The van der Waals surface area contributed by atoms with Gasteiger partial charge >= 0.3 is 0 Å². The van der Waals surface area contributed by atoms with E-state index in [2.05, 4.69) is 10.1 Å². The predicted molar refractivity (Wildman–Crippen MR) is 47.5 cm³/mol. The van der Waals surface area contributed by atoms with E-state index in [1.807, 2.05) is 26.1 Å². The Labute approximate surface area is 75.0 Å². The van der Waals surface area contributed by atoms with Crippen LogP contribution in [0.25, 0.3) is 5.65 Å². The summed E-state index contributed by atoms with van der Waals surface area (Å²) in [5, 5.41) is 4.64. The van der Waals surface area contributed by atoms with E-state index in [4.69, 9.17) is 11.6 Å². The van der Waals surface area contributed by atoms with Crippen LogP contribution in [0.3, 0.4) is 0 Å². The highest BCUT2D eigenvalue weighted by atomic mass is 35.5. The van der Waals surface area contributed by atoms with Crippen molar-refractivity contribution in [2.24, 2.45) is 0 Å². The number of nitrogens with zero attached hydrogens (tertiary/aromatic N) is 3. The fourth-order valence-electron chi connectivity index (χ4n) is 1.11. The molecule has 0 saturated heterocycles. The largest absolute Gasteiger partial charge is 0.232 e. The molecule has 0 aliphatic carbocycles. The molecule has 0 atom stereocenters. The van der Waals surface area contributed by atoms with Gasteiger partial charge in [0.05, 0.1) is 11.9 Å². The zero-order chi connectivity index (χ0) is 8.72. The third kappa shape index (κ3) is 1.06. The highest BCUT2D eigenvalue weighted by Crippen LogP contribution is 2.13. The summed E-state index contributed by atoms with van der Waals surface area (Å²) in [5.74, 6) is 0. The average Bonchev–Trinajstić information content (AvgIpc) is 2.30. The lowest BCUT2D eigenvalue weighted by atomic mass is 10.3. The number of halogens is 1. The highest BCUT2D eigenvalue weighted by Gasteiger charge is 2.02. The van der Waals surface area contributed by atoms with Crippen molar-refractivity contribution in [1.29, 1.82) is 0 Å². The molecule has 3 nitrogen and oxygen atoms in total. The SMILES string of the molecule is Cc1cn2nc(Cl)c(C)cc2n1. The summed E-state index contributed by atoms with van der Waals surface area (Å²) in [5.41, 5.74) is 2.74. The van der Waals surface area contributed by atoms with E-state index < -0.39 is 0 Å². The Bertz CT molecular complexity index is 394. The van der Waals surface area contributed by atoms with Gasteiger partial charge in [0.25, 0.3) is 0 Å². The molecular weight excluding hydrogens is 174 g/mol. The van der Waals surface area contributed by atoms with Crippen LogP contribution in [-0.2, 0) is 0 Å². The van der Waals surface area contributed by atoms with Gasteiger partial charge in [-0.25, -0.2) is 9.50 Å². The summed E-state index contributed by atoms with van der Waals surface area (Å²) >= 11 is 5.84. The minimum Gasteiger partial charge on any atom is -0.232 e. The second-order valence-corrected chi connectivity index (χ2v) is 3.16. The van der Waals surface area contributed by atoms with Crippen molar-refractivity contribution in [1.82, 2.24) is 14.6 Å². The van der Waals surface area contributed by atoms with E-state index in [9.17, 15) is 0 Å². The molecule has 0 saturated carbocycles. The Morgan fingerprint density at radius 1 is 1.42 bits per heavy atom. The van der Waals surface area contributed by atoms with Crippen LogP contribution in [-0.4, -0.2) is 14.6 Å². The van der Waals surface area contributed by atoms with Crippen LogP contribution >= 0.6 is 11.6 Å². The maximum Gasteiger partial charge on any atom is 0.154 e. The van der Waals surface area contributed by atoms with Crippen molar-refractivity contribution in [2.75, 3.05) is 0 Å². The topological polar surface area (TPSA) is 30.2 Å². The van der Waals surface area contributed by atoms with Crippen LogP contribution in [0, 0.1) is 13.8 Å². The van der Waals surface area contributed by atoms with Gasteiger partial charge < -0.3 is 0 Å². The second-order valence-electron chi connectivity index (χ2n) is 2.80. The van der Waals surface area contributed by atoms with Crippen LogP contribution in [0.1, 0.15) is 11.3 Å². The van der Waals surface area contributed by atoms with Gasteiger partial charge in [0, 0.05) is 0 Å². The van der Waals surface area contributed by atoms with Gasteiger partial charge in [-0.1, -0.05) is 11.6 Å². The van der Waals surface area contributed by atoms with Crippen LogP contribution in [0.15, 0.2) is 12.3 Å². The van der Waals surface area contributed by atoms with Gasteiger partial charge in [-0.3, -0.25) is 0 Å². The molecule has 2 rings (SSSR count). The number of rotatable bonds is 0. The quantitative estimate of drug-likeness (QED) is 0.622. The van der Waals surface area contributed by atoms with E-state index in [-0.39, 0.29) is 0 Å². The Morgan fingerprint density at radius 2 is 2.17 bits per heavy atom. The lowest BCUT2D eigenvalue weighted by molar-refractivity contribution is 0.926. The molecule has 0 aliphatic heterocycles. The van der Waals surface area contributed by atoms with Crippen molar-refractivity contribution in [2.45, 2.75) is 13.8 Å². The number of fused-ring (bicyclic) bond motifs is 1. The minimum atomic E-state index is 0.528. The van der Waals surface area contributed by atoms with Gasteiger partial charge in [0.1, 0.15) is 0 Å².